The van der Waals surface area contributed by atoms with Gasteiger partial charge >= 0.3 is 11.8 Å². The average molecular weight is 451 g/mol. The van der Waals surface area contributed by atoms with Crippen LogP contribution in [0.1, 0.15) is 34.7 Å². The third-order valence-corrected chi connectivity index (χ3v) is 6.47. The Hall–Kier alpha value is -2.90. The number of fused-ring (bicyclic) bond motifs is 1. The fraction of sp³-hybridized carbons (Fsp3) is 0.462. The molecule has 2 aliphatic heterocycles. The maximum absolute atomic E-state index is 12.6. The molecule has 0 saturated carbocycles. The molecule has 1 atom stereocenters. The van der Waals surface area contributed by atoms with Crippen LogP contribution in [0.4, 0.5) is 11.4 Å². The van der Waals surface area contributed by atoms with Crippen molar-refractivity contribution in [3.63, 3.8) is 0 Å². The van der Waals surface area contributed by atoms with Crippen LogP contribution in [0.2, 0.25) is 0 Å². The maximum Gasteiger partial charge on any atom is 0.313 e. The van der Waals surface area contributed by atoms with Gasteiger partial charge in [-0.05, 0) is 67.1 Å². The highest BCUT2D eigenvalue weighted by molar-refractivity contribution is 6.39. The first-order valence-corrected chi connectivity index (χ1v) is 11.7. The molecule has 0 aromatic heterocycles. The first-order valence-electron chi connectivity index (χ1n) is 11.7. The van der Waals surface area contributed by atoms with E-state index in [1.54, 1.807) is 0 Å². The van der Waals surface area contributed by atoms with Crippen molar-refractivity contribution in [1.82, 2.24) is 10.2 Å². The second-order valence-corrected chi connectivity index (χ2v) is 9.12. The molecule has 2 amide bonds. The minimum Gasteiger partial charge on any atom is -0.379 e. The number of hydrogen-bond donors (Lipinski definition) is 2. The number of rotatable bonds is 5. The second-order valence-electron chi connectivity index (χ2n) is 9.12. The molecule has 1 saturated heterocycles. The summed E-state index contributed by atoms with van der Waals surface area (Å²) in [7, 11) is 2.13. The number of aryl methyl sites for hydroxylation is 3. The molecule has 0 spiro atoms. The molecule has 176 valence electrons. The van der Waals surface area contributed by atoms with Gasteiger partial charge in [0.2, 0.25) is 0 Å². The smallest absolute Gasteiger partial charge is 0.313 e. The summed E-state index contributed by atoms with van der Waals surface area (Å²) in [6, 6.07) is 12.3. The van der Waals surface area contributed by atoms with Gasteiger partial charge in [-0.15, -0.1) is 0 Å². The van der Waals surface area contributed by atoms with Crippen LogP contribution in [-0.4, -0.2) is 63.2 Å². The predicted octanol–water partition coefficient (Wildman–Crippen LogP) is 2.81. The summed E-state index contributed by atoms with van der Waals surface area (Å²) in [5.41, 5.74) is 6.51. The Balaban J connectivity index is 1.46. The van der Waals surface area contributed by atoms with Crippen LogP contribution in [0.15, 0.2) is 36.4 Å². The normalized spacial score (nSPS) is 17.2. The summed E-state index contributed by atoms with van der Waals surface area (Å²) in [5.74, 6) is -1.27. The minimum absolute atomic E-state index is 0.00982. The van der Waals surface area contributed by atoms with Crippen LogP contribution >= 0.6 is 0 Å². The highest BCUT2D eigenvalue weighted by Gasteiger charge is 2.26. The Morgan fingerprint density at radius 1 is 1.00 bits per heavy atom. The molecule has 2 heterocycles. The summed E-state index contributed by atoms with van der Waals surface area (Å²) in [6.45, 7) is 8.31. The lowest BCUT2D eigenvalue weighted by atomic mass is 9.95. The van der Waals surface area contributed by atoms with Crippen molar-refractivity contribution in [2.24, 2.45) is 0 Å². The van der Waals surface area contributed by atoms with E-state index >= 15 is 0 Å². The average Bonchev–Trinajstić information content (AvgIpc) is 2.79. The topological polar surface area (TPSA) is 73.9 Å². The van der Waals surface area contributed by atoms with E-state index in [1.807, 2.05) is 32.0 Å². The molecule has 2 aromatic carbocycles. The quantitative estimate of drug-likeness (QED) is 0.686. The monoisotopic (exact) mass is 450 g/mol. The van der Waals surface area contributed by atoms with Crippen molar-refractivity contribution in [3.05, 3.63) is 58.7 Å². The number of carbonyl (C=O) groups excluding carboxylic acids is 2. The molecule has 7 nitrogen and oxygen atoms in total. The number of hydrogen-bond acceptors (Lipinski definition) is 5. The molecule has 7 heteroatoms. The zero-order valence-corrected chi connectivity index (χ0v) is 19.8. The lowest BCUT2D eigenvalue weighted by molar-refractivity contribution is -0.136. The number of nitrogens with zero attached hydrogens (tertiary/aromatic N) is 2. The first-order chi connectivity index (χ1) is 15.9. The number of carbonyl (C=O) groups is 2. The van der Waals surface area contributed by atoms with Crippen molar-refractivity contribution >= 4 is 23.2 Å². The molecule has 2 aliphatic rings. The maximum atomic E-state index is 12.6. The van der Waals surface area contributed by atoms with E-state index in [9.17, 15) is 9.59 Å². The number of ether oxygens (including phenoxy) is 1. The van der Waals surface area contributed by atoms with Crippen molar-refractivity contribution in [3.8, 4) is 0 Å². The van der Waals surface area contributed by atoms with Gasteiger partial charge in [0.1, 0.15) is 0 Å². The van der Waals surface area contributed by atoms with Crippen molar-refractivity contribution in [2.75, 3.05) is 56.7 Å². The van der Waals surface area contributed by atoms with Gasteiger partial charge in [-0.2, -0.15) is 0 Å². The molecular formula is C26H34N4O3. The molecule has 33 heavy (non-hydrogen) atoms. The van der Waals surface area contributed by atoms with E-state index in [2.05, 4.69) is 45.7 Å². The van der Waals surface area contributed by atoms with Crippen LogP contribution in [0.5, 0.6) is 0 Å². The van der Waals surface area contributed by atoms with Crippen molar-refractivity contribution < 1.29 is 14.3 Å². The Kier molecular flexibility index (Phi) is 7.30. The zero-order chi connectivity index (χ0) is 23.4. The molecule has 0 radical (unpaired) electrons. The third-order valence-electron chi connectivity index (χ3n) is 6.47. The number of nitrogens with one attached hydrogen (secondary N) is 2. The lowest BCUT2D eigenvalue weighted by Gasteiger charge is -2.36. The summed E-state index contributed by atoms with van der Waals surface area (Å²) in [5, 5.41) is 5.59. The zero-order valence-electron chi connectivity index (χ0n) is 19.8. The van der Waals surface area contributed by atoms with Gasteiger partial charge in [0.25, 0.3) is 0 Å². The molecule has 2 aromatic rings. The van der Waals surface area contributed by atoms with Crippen molar-refractivity contribution in [1.29, 1.82) is 0 Å². The van der Waals surface area contributed by atoms with E-state index in [4.69, 9.17) is 4.74 Å². The predicted molar refractivity (Wildman–Crippen MR) is 131 cm³/mol. The molecule has 0 unspecified atom stereocenters. The van der Waals surface area contributed by atoms with Gasteiger partial charge in [-0.3, -0.25) is 14.5 Å². The van der Waals surface area contributed by atoms with Crippen molar-refractivity contribution in [2.45, 2.75) is 32.7 Å². The van der Waals surface area contributed by atoms with E-state index in [0.29, 0.717) is 25.4 Å². The molecular weight excluding hydrogens is 416 g/mol. The fourth-order valence-corrected chi connectivity index (χ4v) is 4.86. The van der Waals surface area contributed by atoms with E-state index in [-0.39, 0.29) is 6.04 Å². The largest absolute Gasteiger partial charge is 0.379 e. The SMILES string of the molecule is Cc1cc(C)cc(NC(=O)C(=O)NC[C@@H](c2ccc3c(c2)CCCN3C)N2CCOCC2)c1. The summed E-state index contributed by atoms with van der Waals surface area (Å²) in [4.78, 5) is 29.8. The van der Waals surface area contributed by atoms with Gasteiger partial charge in [0, 0.05) is 44.6 Å². The number of amides is 2. The van der Waals surface area contributed by atoms with Crippen LogP contribution < -0.4 is 15.5 Å². The Bertz CT molecular complexity index is 996. The van der Waals surface area contributed by atoms with Gasteiger partial charge in [0.15, 0.2) is 0 Å². The minimum atomic E-state index is -0.646. The van der Waals surface area contributed by atoms with Gasteiger partial charge in [-0.1, -0.05) is 18.2 Å². The molecule has 0 bridgehead atoms. The highest BCUT2D eigenvalue weighted by atomic mass is 16.5. The van der Waals surface area contributed by atoms with Crippen LogP contribution in [-0.2, 0) is 20.7 Å². The fourth-order valence-electron chi connectivity index (χ4n) is 4.86. The van der Waals surface area contributed by atoms with Crippen LogP contribution in [0.25, 0.3) is 0 Å². The summed E-state index contributed by atoms with van der Waals surface area (Å²) >= 11 is 0. The summed E-state index contributed by atoms with van der Waals surface area (Å²) in [6.07, 6.45) is 2.21. The number of morpholine rings is 1. The summed E-state index contributed by atoms with van der Waals surface area (Å²) < 4.78 is 5.54. The van der Waals surface area contributed by atoms with Crippen LogP contribution in [0, 0.1) is 13.8 Å². The van der Waals surface area contributed by atoms with Gasteiger partial charge in [-0.25, -0.2) is 0 Å². The molecule has 2 N–H and O–H groups in total. The third kappa shape index (κ3) is 5.72. The highest BCUT2D eigenvalue weighted by Crippen LogP contribution is 2.31. The van der Waals surface area contributed by atoms with E-state index in [1.165, 1.54) is 16.8 Å². The first kappa shape index (κ1) is 23.3. The van der Waals surface area contributed by atoms with Gasteiger partial charge in [0.05, 0.1) is 19.3 Å². The Morgan fingerprint density at radius 3 is 2.45 bits per heavy atom. The van der Waals surface area contributed by atoms with E-state index in [0.717, 1.165) is 43.6 Å². The Morgan fingerprint density at radius 2 is 1.73 bits per heavy atom. The molecule has 4 rings (SSSR count). The standard InChI is InChI=1S/C26H34N4O3/c1-18-13-19(2)15-22(14-18)28-26(32)25(31)27-17-24(30-9-11-33-12-10-30)21-6-7-23-20(16-21)5-4-8-29(23)3/h6-7,13-16,24H,4-5,8-12,17H2,1-3H3,(H,27,31)(H,28,32)/t24-/m0/s1. The number of benzene rings is 2. The molecule has 1 fully saturated rings. The van der Waals surface area contributed by atoms with Gasteiger partial charge < -0.3 is 20.3 Å². The van der Waals surface area contributed by atoms with E-state index < -0.39 is 11.8 Å². The lowest BCUT2D eigenvalue weighted by Crippen LogP contribution is -2.45. The Labute approximate surface area is 196 Å². The number of anilines is 2. The molecule has 0 aliphatic carbocycles. The second kappa shape index (κ2) is 10.4. The van der Waals surface area contributed by atoms with Crippen LogP contribution in [0.3, 0.4) is 0 Å².